The first kappa shape index (κ1) is 22.2. The molecule has 1 amide bonds. The minimum Gasteiger partial charge on any atom is -0.482 e. The maximum absolute atomic E-state index is 13.0. The molecular weight excluding hydrogens is 462 g/mol. The van der Waals surface area contributed by atoms with Gasteiger partial charge in [-0.2, -0.15) is 0 Å². The van der Waals surface area contributed by atoms with Gasteiger partial charge in [-0.1, -0.05) is 34.1 Å². The van der Waals surface area contributed by atoms with Crippen LogP contribution in [0.3, 0.4) is 0 Å². The van der Waals surface area contributed by atoms with E-state index in [0.29, 0.717) is 22.6 Å². The molecule has 0 aliphatic heterocycles. The van der Waals surface area contributed by atoms with Crippen LogP contribution in [0, 0.1) is 6.92 Å². The van der Waals surface area contributed by atoms with Crippen LogP contribution in [0.2, 0.25) is 0 Å². The number of halogens is 1. The Bertz CT molecular complexity index is 1130. The monoisotopic (exact) mass is 481 g/mol. The molecule has 0 spiro atoms. The Kier molecular flexibility index (Phi) is 7.20. The molecule has 0 bridgehead atoms. The highest BCUT2D eigenvalue weighted by molar-refractivity contribution is 9.10. The predicted octanol–water partition coefficient (Wildman–Crippen LogP) is 4.79. The predicted molar refractivity (Wildman–Crippen MR) is 121 cm³/mol. The van der Waals surface area contributed by atoms with Crippen LogP contribution < -0.4 is 10.1 Å². The number of carbonyl (C=O) groups excluding carboxylic acids is 3. The third-order valence-corrected chi connectivity index (χ3v) is 5.08. The molecule has 0 atom stereocenters. The second-order valence-electron chi connectivity index (χ2n) is 6.68. The molecule has 0 aliphatic carbocycles. The second-order valence-corrected chi connectivity index (χ2v) is 7.59. The highest BCUT2D eigenvalue weighted by Crippen LogP contribution is 2.23. The van der Waals surface area contributed by atoms with Crippen molar-refractivity contribution >= 4 is 39.3 Å². The molecule has 0 saturated carbocycles. The summed E-state index contributed by atoms with van der Waals surface area (Å²) in [6.07, 6.45) is 0. The van der Waals surface area contributed by atoms with Gasteiger partial charge >= 0.3 is 5.97 Å². The van der Waals surface area contributed by atoms with Crippen molar-refractivity contribution in [3.8, 4) is 5.75 Å². The van der Waals surface area contributed by atoms with E-state index in [-0.39, 0.29) is 18.0 Å². The van der Waals surface area contributed by atoms with Gasteiger partial charge in [-0.3, -0.25) is 9.59 Å². The maximum Gasteiger partial charge on any atom is 0.343 e. The van der Waals surface area contributed by atoms with Crippen molar-refractivity contribution in [2.75, 3.05) is 19.0 Å². The van der Waals surface area contributed by atoms with Crippen molar-refractivity contribution in [2.45, 2.75) is 6.92 Å². The van der Waals surface area contributed by atoms with Gasteiger partial charge in [0.1, 0.15) is 5.75 Å². The first-order chi connectivity index (χ1) is 14.9. The van der Waals surface area contributed by atoms with Crippen LogP contribution in [0.4, 0.5) is 5.69 Å². The van der Waals surface area contributed by atoms with E-state index in [2.05, 4.69) is 26.0 Å². The molecule has 0 aromatic heterocycles. The molecule has 7 heteroatoms. The van der Waals surface area contributed by atoms with Gasteiger partial charge < -0.3 is 14.8 Å². The van der Waals surface area contributed by atoms with Gasteiger partial charge in [0.05, 0.1) is 12.7 Å². The van der Waals surface area contributed by atoms with Crippen molar-refractivity contribution in [3.63, 3.8) is 0 Å². The Balaban J connectivity index is 1.79. The summed E-state index contributed by atoms with van der Waals surface area (Å²) in [6, 6.07) is 18.7. The number of hydrogen-bond donors (Lipinski definition) is 1. The number of esters is 1. The Morgan fingerprint density at radius 2 is 1.61 bits per heavy atom. The van der Waals surface area contributed by atoms with Crippen molar-refractivity contribution in [3.05, 3.63) is 93.5 Å². The average molecular weight is 482 g/mol. The van der Waals surface area contributed by atoms with Crippen molar-refractivity contribution in [1.82, 2.24) is 0 Å². The Morgan fingerprint density at radius 3 is 2.26 bits per heavy atom. The largest absolute Gasteiger partial charge is 0.482 e. The molecule has 3 aromatic rings. The van der Waals surface area contributed by atoms with Gasteiger partial charge in [-0.25, -0.2) is 4.79 Å². The molecule has 0 saturated heterocycles. The van der Waals surface area contributed by atoms with E-state index < -0.39 is 11.9 Å². The van der Waals surface area contributed by atoms with Crippen LogP contribution in [-0.2, 0) is 9.53 Å². The fraction of sp³-hybridized carbons (Fsp3) is 0.125. The number of nitrogens with one attached hydrogen (secondary N) is 1. The maximum atomic E-state index is 13.0. The van der Waals surface area contributed by atoms with Gasteiger partial charge in [0.15, 0.2) is 12.4 Å². The molecule has 3 rings (SSSR count). The minimum atomic E-state index is -0.484. The van der Waals surface area contributed by atoms with Crippen LogP contribution in [0.25, 0.3) is 0 Å². The lowest BCUT2D eigenvalue weighted by atomic mass is 9.98. The summed E-state index contributed by atoms with van der Waals surface area (Å²) in [6.45, 7) is 1.60. The number of aryl methyl sites for hydroxylation is 1. The first-order valence-electron chi connectivity index (χ1n) is 9.40. The first-order valence-corrected chi connectivity index (χ1v) is 10.2. The number of amides is 1. The molecule has 3 aromatic carbocycles. The lowest BCUT2D eigenvalue weighted by Crippen LogP contribution is -2.17. The number of ether oxygens (including phenoxy) is 2. The number of rotatable bonds is 7. The number of anilines is 1. The number of carbonyl (C=O) groups is 3. The summed E-state index contributed by atoms with van der Waals surface area (Å²) < 4.78 is 10.8. The highest BCUT2D eigenvalue weighted by Gasteiger charge is 2.18. The van der Waals surface area contributed by atoms with E-state index in [1.807, 2.05) is 0 Å². The van der Waals surface area contributed by atoms with Gasteiger partial charge in [-0.05, 0) is 61.0 Å². The third-order valence-electron chi connectivity index (χ3n) is 4.55. The molecule has 0 fully saturated rings. The zero-order chi connectivity index (χ0) is 22.4. The number of ketones is 1. The fourth-order valence-corrected chi connectivity index (χ4v) is 3.16. The molecule has 31 heavy (non-hydrogen) atoms. The SMILES string of the molecule is COC(=O)COc1ccc(NC(=O)c2ccccc2C(=O)c2ccc(Br)cc2)c(C)c1. The third kappa shape index (κ3) is 5.58. The van der Waals surface area contributed by atoms with Crippen molar-refractivity contribution < 1.29 is 23.9 Å². The summed E-state index contributed by atoms with van der Waals surface area (Å²) in [4.78, 5) is 37.1. The second kappa shape index (κ2) is 10.0. The van der Waals surface area contributed by atoms with E-state index in [1.165, 1.54) is 7.11 Å². The molecule has 1 N–H and O–H groups in total. The summed E-state index contributed by atoms with van der Waals surface area (Å²) in [5.74, 6) is -0.636. The Labute approximate surface area is 188 Å². The van der Waals surface area contributed by atoms with Crippen LogP contribution in [-0.4, -0.2) is 31.4 Å². The molecule has 0 radical (unpaired) electrons. The van der Waals surface area contributed by atoms with Crippen molar-refractivity contribution in [1.29, 1.82) is 0 Å². The van der Waals surface area contributed by atoms with Gasteiger partial charge in [0, 0.05) is 21.3 Å². The average Bonchev–Trinajstić information content (AvgIpc) is 2.79. The van der Waals surface area contributed by atoms with Gasteiger partial charge in [0.25, 0.3) is 5.91 Å². The highest BCUT2D eigenvalue weighted by atomic mass is 79.9. The topological polar surface area (TPSA) is 81.7 Å². The van der Waals surface area contributed by atoms with Crippen LogP contribution in [0.5, 0.6) is 5.75 Å². The van der Waals surface area contributed by atoms with Gasteiger partial charge in [-0.15, -0.1) is 0 Å². The van der Waals surface area contributed by atoms with Crippen LogP contribution in [0.1, 0.15) is 31.8 Å². The van der Waals surface area contributed by atoms with E-state index in [4.69, 9.17) is 4.74 Å². The Morgan fingerprint density at radius 1 is 0.935 bits per heavy atom. The van der Waals surface area contributed by atoms with E-state index in [9.17, 15) is 14.4 Å². The number of benzene rings is 3. The number of hydrogen-bond acceptors (Lipinski definition) is 5. The van der Waals surface area contributed by atoms with Crippen LogP contribution in [0.15, 0.2) is 71.2 Å². The zero-order valence-corrected chi connectivity index (χ0v) is 18.6. The lowest BCUT2D eigenvalue weighted by molar-refractivity contribution is -0.142. The molecule has 158 valence electrons. The molecule has 6 nitrogen and oxygen atoms in total. The zero-order valence-electron chi connectivity index (χ0n) is 17.0. The standard InChI is InChI=1S/C24H20BrNO5/c1-15-13-18(31-14-22(27)30-2)11-12-21(15)26-24(29)20-6-4-3-5-19(20)23(28)16-7-9-17(25)10-8-16/h3-13H,14H2,1-2H3,(H,26,29). The fourth-order valence-electron chi connectivity index (χ4n) is 2.89. The number of methoxy groups -OCH3 is 1. The summed E-state index contributed by atoms with van der Waals surface area (Å²) >= 11 is 3.35. The smallest absolute Gasteiger partial charge is 0.343 e. The molecule has 0 aliphatic rings. The van der Waals surface area contributed by atoms with Crippen molar-refractivity contribution in [2.24, 2.45) is 0 Å². The Hall–Kier alpha value is -3.45. The summed E-state index contributed by atoms with van der Waals surface area (Å²) in [5, 5.41) is 2.84. The lowest BCUT2D eigenvalue weighted by Gasteiger charge is -2.13. The molecule has 0 unspecified atom stereocenters. The summed E-state index contributed by atoms with van der Waals surface area (Å²) in [7, 11) is 1.29. The van der Waals surface area contributed by atoms with Crippen LogP contribution >= 0.6 is 15.9 Å². The molecular formula is C24H20BrNO5. The quantitative estimate of drug-likeness (QED) is 0.387. The summed E-state index contributed by atoms with van der Waals surface area (Å²) in [5.41, 5.74) is 2.40. The normalized spacial score (nSPS) is 10.3. The van der Waals surface area contributed by atoms with Gasteiger partial charge in [0.2, 0.25) is 0 Å². The minimum absolute atomic E-state index is 0.201. The van der Waals surface area contributed by atoms with E-state index >= 15 is 0 Å². The molecule has 0 heterocycles. The van der Waals surface area contributed by atoms with E-state index in [0.717, 1.165) is 10.0 Å². The van der Waals surface area contributed by atoms with E-state index in [1.54, 1.807) is 73.7 Å².